The number of hydrogen-bond acceptors (Lipinski definition) is 4. The van der Waals surface area contributed by atoms with E-state index in [4.69, 9.17) is 14.9 Å². The lowest BCUT2D eigenvalue weighted by atomic mass is 9.79. The Morgan fingerprint density at radius 3 is 3.11 bits per heavy atom. The molecule has 19 heavy (non-hydrogen) atoms. The van der Waals surface area contributed by atoms with E-state index in [0.717, 1.165) is 25.2 Å². The largest absolute Gasteiger partial charge is 0.492 e. The predicted molar refractivity (Wildman–Crippen MR) is 68.8 cm³/mol. The van der Waals surface area contributed by atoms with Gasteiger partial charge < -0.3 is 14.8 Å². The first-order valence-corrected chi connectivity index (χ1v) is 6.75. The number of ether oxygens (including phenoxy) is 2. The van der Waals surface area contributed by atoms with Crippen LogP contribution in [0.1, 0.15) is 19.8 Å². The third kappa shape index (κ3) is 2.32. The summed E-state index contributed by atoms with van der Waals surface area (Å²) in [6.45, 7) is 3.43. The smallest absolute Gasteiger partial charge is 0.320 e. The molecule has 1 aliphatic carbocycles. The van der Waals surface area contributed by atoms with Crippen LogP contribution in [0.25, 0.3) is 0 Å². The van der Waals surface area contributed by atoms with Gasteiger partial charge in [0.05, 0.1) is 25.2 Å². The van der Waals surface area contributed by atoms with Crippen LogP contribution in [0, 0.1) is 17.2 Å². The summed E-state index contributed by atoms with van der Waals surface area (Å²) in [4.78, 5) is 11.5. The van der Waals surface area contributed by atoms with Gasteiger partial charge in [0.15, 0.2) is 0 Å². The molecule has 2 amide bonds. The minimum absolute atomic E-state index is 0.0522. The lowest BCUT2D eigenvalue weighted by molar-refractivity contribution is 0.0684. The molecule has 0 aromatic rings. The monoisotopic (exact) mass is 265 g/mol. The summed E-state index contributed by atoms with van der Waals surface area (Å²) in [5.74, 6) is 1.15. The number of amides is 2. The van der Waals surface area contributed by atoms with Gasteiger partial charge in [-0.15, -0.1) is 0 Å². The molecule has 0 spiro atoms. The van der Waals surface area contributed by atoms with Gasteiger partial charge in [-0.1, -0.05) is 6.92 Å². The van der Waals surface area contributed by atoms with Gasteiger partial charge in [0.1, 0.15) is 17.7 Å². The van der Waals surface area contributed by atoms with Gasteiger partial charge in [-0.05, 0) is 18.4 Å². The van der Waals surface area contributed by atoms with Crippen LogP contribution in [0.2, 0.25) is 0 Å². The molecule has 0 saturated carbocycles. The SMILES string of the molecule is CC1CC=C(OC2CCOC2)C2C(=N)NC(=O)NC12. The van der Waals surface area contributed by atoms with Gasteiger partial charge in [-0.3, -0.25) is 10.7 Å². The first-order valence-electron chi connectivity index (χ1n) is 6.75. The molecule has 4 unspecified atom stereocenters. The van der Waals surface area contributed by atoms with Crippen LogP contribution >= 0.6 is 0 Å². The molecule has 6 nitrogen and oxygen atoms in total. The molecular formula is C13H19N3O3. The average molecular weight is 265 g/mol. The van der Waals surface area contributed by atoms with Crippen molar-refractivity contribution in [3.8, 4) is 0 Å². The van der Waals surface area contributed by atoms with E-state index in [1.54, 1.807) is 0 Å². The van der Waals surface area contributed by atoms with E-state index in [1.807, 2.05) is 0 Å². The van der Waals surface area contributed by atoms with Crippen molar-refractivity contribution < 1.29 is 14.3 Å². The lowest BCUT2D eigenvalue weighted by Gasteiger charge is -2.40. The van der Waals surface area contributed by atoms with E-state index in [2.05, 4.69) is 23.6 Å². The van der Waals surface area contributed by atoms with E-state index < -0.39 is 0 Å². The van der Waals surface area contributed by atoms with Crippen molar-refractivity contribution in [1.29, 1.82) is 5.41 Å². The highest BCUT2D eigenvalue weighted by atomic mass is 16.5. The van der Waals surface area contributed by atoms with E-state index in [1.165, 1.54) is 0 Å². The van der Waals surface area contributed by atoms with Crippen molar-refractivity contribution >= 4 is 11.9 Å². The second kappa shape index (κ2) is 4.85. The molecule has 2 aliphatic heterocycles. The quantitative estimate of drug-likeness (QED) is 0.696. The topological polar surface area (TPSA) is 83.4 Å². The number of nitrogens with one attached hydrogen (secondary N) is 3. The molecule has 6 heteroatoms. The Hall–Kier alpha value is -1.56. The first-order chi connectivity index (χ1) is 9.15. The molecule has 2 heterocycles. The Bertz CT molecular complexity index is 429. The van der Waals surface area contributed by atoms with E-state index >= 15 is 0 Å². The van der Waals surface area contributed by atoms with Crippen LogP contribution in [0.4, 0.5) is 4.79 Å². The minimum Gasteiger partial charge on any atom is -0.492 e. The Balaban J connectivity index is 1.79. The predicted octanol–water partition coefficient (Wildman–Crippen LogP) is 0.990. The molecular weight excluding hydrogens is 246 g/mol. The summed E-state index contributed by atoms with van der Waals surface area (Å²) < 4.78 is 11.3. The molecule has 4 atom stereocenters. The molecule has 3 rings (SSSR count). The van der Waals surface area contributed by atoms with E-state index in [0.29, 0.717) is 12.5 Å². The summed E-state index contributed by atoms with van der Waals surface area (Å²) in [6.07, 6.45) is 3.87. The standard InChI is InChI=1S/C13H19N3O3/c1-7-2-3-9(19-8-4-5-18-6-8)10-11(7)15-13(17)16-12(10)14/h3,7-8,10-11H,2,4-6H2,1H3,(H3,14,15,16,17). The summed E-state index contributed by atoms with van der Waals surface area (Å²) in [5, 5.41) is 13.5. The molecule has 104 valence electrons. The molecule has 0 radical (unpaired) electrons. The van der Waals surface area contributed by atoms with Crippen molar-refractivity contribution in [3.05, 3.63) is 11.8 Å². The highest BCUT2D eigenvalue weighted by Crippen LogP contribution is 2.33. The molecule has 0 aromatic heterocycles. The zero-order valence-electron chi connectivity index (χ0n) is 10.9. The van der Waals surface area contributed by atoms with Crippen LogP contribution in [0.3, 0.4) is 0 Å². The zero-order chi connectivity index (χ0) is 13.4. The summed E-state index contributed by atoms with van der Waals surface area (Å²) >= 11 is 0. The fourth-order valence-electron chi connectivity index (χ4n) is 2.94. The number of carbonyl (C=O) groups is 1. The van der Waals surface area contributed by atoms with Gasteiger partial charge >= 0.3 is 6.03 Å². The molecule has 2 saturated heterocycles. The Labute approximate surface area is 112 Å². The highest BCUT2D eigenvalue weighted by Gasteiger charge is 2.42. The van der Waals surface area contributed by atoms with Gasteiger partial charge in [0, 0.05) is 6.42 Å². The molecule has 3 N–H and O–H groups in total. The maximum Gasteiger partial charge on any atom is 0.320 e. The van der Waals surface area contributed by atoms with Crippen LogP contribution < -0.4 is 10.6 Å². The van der Waals surface area contributed by atoms with Crippen molar-refractivity contribution in [3.63, 3.8) is 0 Å². The second-order valence-electron chi connectivity index (χ2n) is 5.44. The highest BCUT2D eigenvalue weighted by molar-refractivity contribution is 6.01. The third-order valence-electron chi connectivity index (χ3n) is 4.02. The van der Waals surface area contributed by atoms with Gasteiger partial charge in [-0.25, -0.2) is 4.79 Å². The van der Waals surface area contributed by atoms with Gasteiger partial charge in [0.25, 0.3) is 0 Å². The lowest BCUT2D eigenvalue weighted by Crippen LogP contribution is -2.61. The van der Waals surface area contributed by atoms with Crippen molar-refractivity contribution in [1.82, 2.24) is 10.6 Å². The number of carbonyl (C=O) groups excluding carboxylic acids is 1. The van der Waals surface area contributed by atoms with Gasteiger partial charge in [0.2, 0.25) is 0 Å². The number of rotatable bonds is 2. The fourth-order valence-corrected chi connectivity index (χ4v) is 2.94. The summed E-state index contributed by atoms with van der Waals surface area (Å²) in [5.41, 5.74) is 0. The Kier molecular flexibility index (Phi) is 3.18. The van der Waals surface area contributed by atoms with E-state index in [9.17, 15) is 4.79 Å². The number of fused-ring (bicyclic) bond motifs is 1. The molecule has 2 fully saturated rings. The maximum absolute atomic E-state index is 11.5. The third-order valence-corrected chi connectivity index (χ3v) is 4.02. The number of allylic oxidation sites excluding steroid dienone is 1. The fraction of sp³-hybridized carbons (Fsp3) is 0.692. The molecule has 0 bridgehead atoms. The van der Waals surface area contributed by atoms with Crippen LogP contribution in [0.5, 0.6) is 0 Å². The van der Waals surface area contributed by atoms with E-state index in [-0.39, 0.29) is 29.9 Å². The molecule has 0 aromatic carbocycles. The number of amidine groups is 1. The maximum atomic E-state index is 11.5. The van der Waals surface area contributed by atoms with Gasteiger partial charge in [-0.2, -0.15) is 0 Å². The number of hydrogen-bond donors (Lipinski definition) is 3. The summed E-state index contributed by atoms with van der Waals surface area (Å²) in [7, 11) is 0. The van der Waals surface area contributed by atoms with Crippen molar-refractivity contribution in [2.75, 3.05) is 13.2 Å². The zero-order valence-corrected chi connectivity index (χ0v) is 10.9. The summed E-state index contributed by atoms with van der Waals surface area (Å²) in [6, 6.07) is -0.341. The van der Waals surface area contributed by atoms with Crippen molar-refractivity contribution in [2.24, 2.45) is 11.8 Å². The first kappa shape index (κ1) is 12.5. The minimum atomic E-state index is -0.288. The Morgan fingerprint density at radius 1 is 1.53 bits per heavy atom. The van der Waals surface area contributed by atoms with Crippen LogP contribution in [-0.2, 0) is 9.47 Å². The normalized spacial score (nSPS) is 38.1. The average Bonchev–Trinajstić information content (AvgIpc) is 2.85. The van der Waals surface area contributed by atoms with Crippen LogP contribution in [0.15, 0.2) is 11.8 Å². The van der Waals surface area contributed by atoms with Crippen molar-refractivity contribution in [2.45, 2.75) is 31.9 Å². The second-order valence-corrected chi connectivity index (χ2v) is 5.44. The Morgan fingerprint density at radius 2 is 2.37 bits per heavy atom. The molecule has 3 aliphatic rings. The number of urea groups is 1. The van der Waals surface area contributed by atoms with Crippen LogP contribution in [-0.4, -0.2) is 37.2 Å².